The van der Waals surface area contributed by atoms with E-state index in [2.05, 4.69) is 11.9 Å². The van der Waals surface area contributed by atoms with Gasteiger partial charge in [-0.05, 0) is 63.8 Å². The number of carbonyl (C=O) groups is 3. The Morgan fingerprint density at radius 2 is 1.77 bits per heavy atom. The third-order valence-corrected chi connectivity index (χ3v) is 6.74. The van der Waals surface area contributed by atoms with Crippen LogP contribution in [0.4, 0.5) is 0 Å². The summed E-state index contributed by atoms with van der Waals surface area (Å²) in [6.45, 7) is 2.53. The molecule has 5 rings (SSSR count). The van der Waals surface area contributed by atoms with Crippen LogP contribution in [0.15, 0.2) is 18.2 Å². The molecule has 7 heteroatoms. The van der Waals surface area contributed by atoms with E-state index in [9.17, 15) is 14.4 Å². The Labute approximate surface area is 176 Å². The molecule has 0 N–H and O–H groups in total. The number of hydrogen-bond acceptors (Lipinski definition) is 5. The van der Waals surface area contributed by atoms with Crippen molar-refractivity contribution >= 4 is 17.7 Å². The van der Waals surface area contributed by atoms with Gasteiger partial charge in [-0.25, -0.2) is 0 Å². The third-order valence-electron chi connectivity index (χ3n) is 6.74. The molecule has 2 aliphatic heterocycles. The van der Waals surface area contributed by atoms with Gasteiger partial charge in [0.15, 0.2) is 0 Å². The number of rotatable bonds is 8. The lowest BCUT2D eigenvalue weighted by Crippen LogP contribution is -2.39. The zero-order valence-electron chi connectivity index (χ0n) is 17.5. The van der Waals surface area contributed by atoms with Gasteiger partial charge in [-0.2, -0.15) is 0 Å². The number of benzene rings is 1. The third kappa shape index (κ3) is 3.76. The number of likely N-dealkylation sites (N-methyl/N-ethyl adjacent to an activating group) is 1. The molecule has 3 amide bonds. The first-order valence-corrected chi connectivity index (χ1v) is 11.2. The van der Waals surface area contributed by atoms with Crippen molar-refractivity contribution in [1.29, 1.82) is 0 Å². The zero-order valence-corrected chi connectivity index (χ0v) is 17.5. The van der Waals surface area contributed by atoms with E-state index in [1.807, 2.05) is 4.90 Å². The fourth-order valence-corrected chi connectivity index (χ4v) is 4.55. The Balaban J connectivity index is 1.31. The van der Waals surface area contributed by atoms with E-state index in [1.54, 1.807) is 18.2 Å². The van der Waals surface area contributed by atoms with E-state index in [4.69, 9.17) is 4.74 Å². The number of carbonyl (C=O) groups excluding carboxylic acids is 3. The molecule has 1 aromatic carbocycles. The molecule has 2 heterocycles. The highest BCUT2D eigenvalue weighted by atomic mass is 16.5. The Kier molecular flexibility index (Phi) is 5.11. The summed E-state index contributed by atoms with van der Waals surface area (Å²) in [5.74, 6) is -0.636. The average Bonchev–Trinajstić information content (AvgIpc) is 3.68. The van der Waals surface area contributed by atoms with Crippen molar-refractivity contribution in [2.75, 3.05) is 33.3 Å². The smallest absolute Gasteiger partial charge is 0.261 e. The van der Waals surface area contributed by atoms with Gasteiger partial charge in [0.1, 0.15) is 0 Å². The highest BCUT2D eigenvalue weighted by molar-refractivity contribution is 6.22. The molecule has 2 saturated carbocycles. The van der Waals surface area contributed by atoms with Crippen LogP contribution >= 0.6 is 0 Å². The second kappa shape index (κ2) is 7.78. The highest BCUT2D eigenvalue weighted by Crippen LogP contribution is 2.31. The topological polar surface area (TPSA) is 70.2 Å². The molecule has 0 radical (unpaired) electrons. The Bertz CT molecular complexity index is 871. The summed E-state index contributed by atoms with van der Waals surface area (Å²) < 4.78 is 5.59. The monoisotopic (exact) mass is 411 g/mol. The number of nitrogens with zero attached hydrogens (tertiary/aromatic N) is 3. The molecule has 0 aromatic heterocycles. The predicted octanol–water partition coefficient (Wildman–Crippen LogP) is 2.16. The molecule has 0 bridgehead atoms. The van der Waals surface area contributed by atoms with Gasteiger partial charge in [-0.3, -0.25) is 19.3 Å². The minimum Gasteiger partial charge on any atom is -0.376 e. The summed E-state index contributed by atoms with van der Waals surface area (Å²) in [4.78, 5) is 44.4. The Hall–Kier alpha value is -2.25. The van der Waals surface area contributed by atoms with Crippen LogP contribution in [-0.4, -0.2) is 83.9 Å². The van der Waals surface area contributed by atoms with Crippen LogP contribution in [0.5, 0.6) is 0 Å². The van der Waals surface area contributed by atoms with Gasteiger partial charge >= 0.3 is 0 Å². The van der Waals surface area contributed by atoms with Crippen LogP contribution < -0.4 is 0 Å². The maximum absolute atomic E-state index is 13.3. The molecular formula is C23H29N3O4. The van der Waals surface area contributed by atoms with Crippen molar-refractivity contribution in [3.63, 3.8) is 0 Å². The van der Waals surface area contributed by atoms with Crippen molar-refractivity contribution in [3.8, 4) is 0 Å². The summed E-state index contributed by atoms with van der Waals surface area (Å²) in [6.07, 6.45) is 6.31. The Morgan fingerprint density at radius 3 is 2.43 bits per heavy atom. The van der Waals surface area contributed by atoms with Gasteiger partial charge in [-0.15, -0.1) is 0 Å². The van der Waals surface area contributed by atoms with Gasteiger partial charge in [0.2, 0.25) is 0 Å². The van der Waals surface area contributed by atoms with Gasteiger partial charge in [0, 0.05) is 37.3 Å². The highest BCUT2D eigenvalue weighted by Gasteiger charge is 2.39. The number of imide groups is 1. The van der Waals surface area contributed by atoms with Crippen LogP contribution in [0, 0.1) is 0 Å². The fraction of sp³-hybridized carbons (Fsp3) is 0.609. The molecule has 30 heavy (non-hydrogen) atoms. The van der Waals surface area contributed by atoms with Crippen LogP contribution in [0.3, 0.4) is 0 Å². The van der Waals surface area contributed by atoms with Crippen LogP contribution in [-0.2, 0) is 4.74 Å². The summed E-state index contributed by atoms with van der Waals surface area (Å²) in [6, 6.07) is 5.92. The number of hydrogen-bond donors (Lipinski definition) is 0. The van der Waals surface area contributed by atoms with E-state index in [0.717, 1.165) is 32.2 Å². The van der Waals surface area contributed by atoms with E-state index >= 15 is 0 Å². The van der Waals surface area contributed by atoms with Crippen molar-refractivity contribution in [1.82, 2.24) is 14.7 Å². The molecule has 3 fully saturated rings. The molecule has 1 atom stereocenters. The zero-order chi connectivity index (χ0) is 20.8. The van der Waals surface area contributed by atoms with Crippen molar-refractivity contribution < 1.29 is 19.1 Å². The van der Waals surface area contributed by atoms with Crippen molar-refractivity contribution in [2.45, 2.75) is 56.7 Å². The first-order valence-electron chi connectivity index (χ1n) is 11.2. The molecule has 160 valence electrons. The van der Waals surface area contributed by atoms with E-state index < -0.39 is 0 Å². The maximum atomic E-state index is 13.3. The summed E-state index contributed by atoms with van der Waals surface area (Å²) >= 11 is 0. The molecule has 2 aliphatic carbocycles. The molecule has 1 unspecified atom stereocenters. The van der Waals surface area contributed by atoms with E-state index in [0.29, 0.717) is 41.9 Å². The van der Waals surface area contributed by atoms with Crippen LogP contribution in [0.2, 0.25) is 0 Å². The predicted molar refractivity (Wildman–Crippen MR) is 110 cm³/mol. The molecule has 7 nitrogen and oxygen atoms in total. The molecular weight excluding hydrogens is 382 g/mol. The Morgan fingerprint density at radius 1 is 1.03 bits per heavy atom. The number of fused-ring (bicyclic) bond motifs is 1. The second-order valence-corrected chi connectivity index (χ2v) is 9.06. The largest absolute Gasteiger partial charge is 0.376 e. The first-order chi connectivity index (χ1) is 14.5. The van der Waals surface area contributed by atoms with Crippen molar-refractivity contribution in [2.24, 2.45) is 0 Å². The van der Waals surface area contributed by atoms with Crippen LogP contribution in [0.25, 0.3) is 0 Å². The number of ether oxygens (including phenoxy) is 1. The fourth-order valence-electron chi connectivity index (χ4n) is 4.55. The molecule has 1 aromatic rings. The molecule has 0 spiro atoms. The van der Waals surface area contributed by atoms with Crippen LogP contribution in [0.1, 0.15) is 69.6 Å². The quantitative estimate of drug-likeness (QED) is 0.613. The summed E-state index contributed by atoms with van der Waals surface area (Å²) in [5, 5.41) is 0. The lowest BCUT2D eigenvalue weighted by Gasteiger charge is -2.26. The first kappa shape index (κ1) is 19.7. The van der Waals surface area contributed by atoms with Gasteiger partial charge in [0.25, 0.3) is 17.7 Å². The van der Waals surface area contributed by atoms with E-state index in [-0.39, 0.29) is 30.4 Å². The second-order valence-electron chi connectivity index (χ2n) is 9.06. The molecule has 1 saturated heterocycles. The number of amides is 3. The minimum absolute atomic E-state index is 0.0395. The van der Waals surface area contributed by atoms with Gasteiger partial charge in [0.05, 0.1) is 23.8 Å². The lowest BCUT2D eigenvalue weighted by atomic mass is 10.0. The van der Waals surface area contributed by atoms with Gasteiger partial charge in [-0.1, -0.05) is 0 Å². The van der Waals surface area contributed by atoms with E-state index in [1.165, 1.54) is 17.7 Å². The minimum atomic E-state index is -0.313. The standard InChI is InChI=1S/C23H29N3O4/c1-24(16-5-6-16)10-11-25(17-7-8-17)21(27)15-4-9-19-20(13-15)23(29)26(22(19)28)14-18-3-2-12-30-18/h4,9,13,16-18H,2-3,5-8,10-12,14H2,1H3. The molecule has 4 aliphatic rings. The normalized spacial score (nSPS) is 23.4. The van der Waals surface area contributed by atoms with Crippen molar-refractivity contribution in [3.05, 3.63) is 34.9 Å². The maximum Gasteiger partial charge on any atom is 0.261 e. The summed E-state index contributed by atoms with van der Waals surface area (Å²) in [7, 11) is 2.12. The summed E-state index contributed by atoms with van der Waals surface area (Å²) in [5.41, 5.74) is 1.23. The SMILES string of the molecule is CN(CCN(C(=O)c1ccc2c(c1)C(=O)N(CC1CCCO1)C2=O)C1CC1)C1CC1. The lowest BCUT2D eigenvalue weighted by molar-refractivity contribution is 0.0475. The average molecular weight is 412 g/mol. The van der Waals surface area contributed by atoms with Gasteiger partial charge < -0.3 is 14.5 Å².